The summed E-state index contributed by atoms with van der Waals surface area (Å²) in [6.07, 6.45) is -0.191. The Kier molecular flexibility index (Phi) is 6.48. The molecule has 0 aromatic rings. The van der Waals surface area contributed by atoms with Crippen LogP contribution in [0.3, 0.4) is 0 Å². The van der Waals surface area contributed by atoms with Crippen LogP contribution >= 0.6 is 0 Å². The van der Waals surface area contributed by atoms with Gasteiger partial charge in [-0.15, -0.1) is 0 Å². The Balaban J connectivity index is 3.99. The number of hydrogen-bond acceptors (Lipinski definition) is 4. The zero-order valence-corrected chi connectivity index (χ0v) is 8.33. The van der Waals surface area contributed by atoms with Gasteiger partial charge in [0.25, 0.3) is 0 Å². The fourth-order valence-electron chi connectivity index (χ4n) is 1.00. The Bertz CT molecular complexity index is 152. The van der Waals surface area contributed by atoms with Crippen LogP contribution < -0.4 is 10.6 Å². The number of rotatable bonds is 6. The van der Waals surface area contributed by atoms with Crippen LogP contribution in [0.1, 0.15) is 6.92 Å². The molecule has 0 aliphatic heterocycles. The van der Waals surface area contributed by atoms with Crippen molar-refractivity contribution in [3.8, 4) is 0 Å². The molecule has 0 fully saturated rings. The Morgan fingerprint density at radius 3 is 2.62 bits per heavy atom. The lowest BCUT2D eigenvalue weighted by Gasteiger charge is -2.21. The second-order valence-electron chi connectivity index (χ2n) is 2.72. The highest BCUT2D eigenvalue weighted by Gasteiger charge is 2.22. The minimum absolute atomic E-state index is 0.0520. The van der Waals surface area contributed by atoms with Crippen molar-refractivity contribution >= 4 is 5.91 Å². The monoisotopic (exact) mass is 190 g/mol. The summed E-state index contributed by atoms with van der Waals surface area (Å²) in [5.74, 6) is -0.161. The first-order valence-electron chi connectivity index (χ1n) is 4.26. The molecule has 0 radical (unpaired) electrons. The summed E-state index contributed by atoms with van der Waals surface area (Å²) in [6.45, 7) is 2.02. The Hall–Kier alpha value is -0.650. The van der Waals surface area contributed by atoms with Gasteiger partial charge in [0.2, 0.25) is 5.91 Å². The van der Waals surface area contributed by atoms with Gasteiger partial charge < -0.3 is 20.5 Å². The lowest BCUT2D eigenvalue weighted by Crippen LogP contribution is -2.50. The number of carbonyl (C=O) groups is 1. The van der Waals surface area contributed by atoms with E-state index in [9.17, 15) is 4.79 Å². The molecule has 1 amide bonds. The number of aliphatic hydroxyl groups excluding tert-OH is 1. The first-order valence-corrected chi connectivity index (χ1v) is 4.26. The molecule has 0 aromatic heterocycles. The van der Waals surface area contributed by atoms with Crippen molar-refractivity contribution in [2.24, 2.45) is 0 Å². The van der Waals surface area contributed by atoms with Crippen LogP contribution in [-0.4, -0.2) is 50.5 Å². The van der Waals surface area contributed by atoms with Gasteiger partial charge in [-0.3, -0.25) is 4.79 Å². The van der Waals surface area contributed by atoms with E-state index in [0.29, 0.717) is 0 Å². The topological polar surface area (TPSA) is 70.6 Å². The Morgan fingerprint density at radius 1 is 1.62 bits per heavy atom. The van der Waals surface area contributed by atoms with Gasteiger partial charge in [-0.05, 0) is 14.0 Å². The number of likely N-dealkylation sites (N-methyl/N-ethyl adjacent to an activating group) is 1. The molecule has 0 bridgehead atoms. The van der Waals surface area contributed by atoms with Crippen LogP contribution in [0.2, 0.25) is 0 Å². The van der Waals surface area contributed by atoms with Gasteiger partial charge in [0.15, 0.2) is 0 Å². The van der Waals surface area contributed by atoms with Crippen LogP contribution in [0.15, 0.2) is 0 Å². The van der Waals surface area contributed by atoms with Crippen molar-refractivity contribution < 1.29 is 14.6 Å². The molecule has 0 rings (SSSR count). The molecular formula is C8H18N2O3. The minimum atomic E-state index is -0.378. The smallest absolute Gasteiger partial charge is 0.239 e. The van der Waals surface area contributed by atoms with Crippen molar-refractivity contribution in [3.63, 3.8) is 0 Å². The van der Waals surface area contributed by atoms with Gasteiger partial charge in [-0.25, -0.2) is 0 Å². The fourth-order valence-corrected chi connectivity index (χ4v) is 1.00. The average Bonchev–Trinajstić information content (AvgIpc) is 2.15. The Morgan fingerprint density at radius 2 is 2.23 bits per heavy atom. The number of hydrogen-bond donors (Lipinski definition) is 3. The molecule has 3 N–H and O–H groups in total. The second kappa shape index (κ2) is 6.82. The molecular weight excluding hydrogens is 172 g/mol. The molecule has 2 atom stereocenters. The zero-order valence-electron chi connectivity index (χ0n) is 8.33. The van der Waals surface area contributed by atoms with Gasteiger partial charge in [0.05, 0.1) is 12.7 Å². The number of amides is 1. The maximum atomic E-state index is 11.4. The van der Waals surface area contributed by atoms with Gasteiger partial charge in [-0.1, -0.05) is 0 Å². The maximum absolute atomic E-state index is 11.4. The molecule has 5 heteroatoms. The highest BCUT2D eigenvalue weighted by Crippen LogP contribution is 1.96. The summed E-state index contributed by atoms with van der Waals surface area (Å²) in [6, 6.07) is -0.378. The van der Waals surface area contributed by atoms with Gasteiger partial charge in [-0.2, -0.15) is 0 Å². The SMILES string of the molecule is CN[C@H](C(=O)NCCO)[C@@H](C)OC. The van der Waals surface area contributed by atoms with Gasteiger partial charge in [0, 0.05) is 13.7 Å². The summed E-state index contributed by atoms with van der Waals surface area (Å²) in [7, 11) is 3.24. The van der Waals surface area contributed by atoms with E-state index in [-0.39, 0.29) is 31.2 Å². The molecule has 0 aliphatic carbocycles. The van der Waals surface area contributed by atoms with E-state index in [1.807, 2.05) is 0 Å². The third-order valence-electron chi connectivity index (χ3n) is 1.85. The van der Waals surface area contributed by atoms with E-state index in [0.717, 1.165) is 0 Å². The van der Waals surface area contributed by atoms with E-state index >= 15 is 0 Å². The number of ether oxygens (including phenoxy) is 1. The van der Waals surface area contributed by atoms with Crippen LogP contribution in [0, 0.1) is 0 Å². The van der Waals surface area contributed by atoms with E-state index < -0.39 is 0 Å². The number of carbonyl (C=O) groups excluding carboxylic acids is 1. The summed E-state index contributed by atoms with van der Waals surface area (Å²) < 4.78 is 5.02. The Labute approximate surface area is 78.5 Å². The number of nitrogens with one attached hydrogen (secondary N) is 2. The summed E-state index contributed by atoms with van der Waals surface area (Å²) >= 11 is 0. The van der Waals surface area contributed by atoms with Crippen LogP contribution in [0.25, 0.3) is 0 Å². The molecule has 0 saturated carbocycles. The van der Waals surface area contributed by atoms with E-state index in [1.165, 1.54) is 0 Å². The molecule has 78 valence electrons. The van der Waals surface area contributed by atoms with E-state index in [1.54, 1.807) is 21.1 Å². The second-order valence-corrected chi connectivity index (χ2v) is 2.72. The molecule has 13 heavy (non-hydrogen) atoms. The summed E-state index contributed by atoms with van der Waals surface area (Å²) in [5.41, 5.74) is 0. The molecule has 0 heterocycles. The molecule has 5 nitrogen and oxygen atoms in total. The third-order valence-corrected chi connectivity index (χ3v) is 1.85. The largest absolute Gasteiger partial charge is 0.395 e. The highest BCUT2D eigenvalue weighted by atomic mass is 16.5. The summed E-state index contributed by atoms with van der Waals surface area (Å²) in [4.78, 5) is 11.4. The first kappa shape index (κ1) is 12.3. The first-order chi connectivity index (χ1) is 6.17. The van der Waals surface area contributed by atoms with Crippen molar-refractivity contribution in [1.29, 1.82) is 0 Å². The fraction of sp³-hybridized carbons (Fsp3) is 0.875. The van der Waals surface area contributed by atoms with Gasteiger partial charge in [0.1, 0.15) is 6.04 Å². The predicted octanol–water partition coefficient (Wildman–Crippen LogP) is -1.28. The summed E-state index contributed by atoms with van der Waals surface area (Å²) in [5, 5.41) is 13.9. The molecule has 0 aromatic carbocycles. The molecule has 0 unspecified atom stereocenters. The van der Waals surface area contributed by atoms with Crippen molar-refractivity contribution in [3.05, 3.63) is 0 Å². The normalized spacial score (nSPS) is 15.1. The standard InChI is InChI=1S/C8H18N2O3/c1-6(13-3)7(9-2)8(12)10-4-5-11/h6-7,9,11H,4-5H2,1-3H3,(H,10,12)/t6-,7+/m1/s1. The van der Waals surface area contributed by atoms with Crippen molar-refractivity contribution in [1.82, 2.24) is 10.6 Å². The lowest BCUT2D eigenvalue weighted by atomic mass is 10.1. The van der Waals surface area contributed by atoms with Crippen molar-refractivity contribution in [2.45, 2.75) is 19.1 Å². The lowest BCUT2D eigenvalue weighted by molar-refractivity contribution is -0.126. The van der Waals surface area contributed by atoms with E-state index in [2.05, 4.69) is 10.6 Å². The van der Waals surface area contributed by atoms with Crippen molar-refractivity contribution in [2.75, 3.05) is 27.3 Å². The minimum Gasteiger partial charge on any atom is -0.395 e. The predicted molar refractivity (Wildman–Crippen MR) is 49.4 cm³/mol. The average molecular weight is 190 g/mol. The molecule has 0 aliphatic rings. The third kappa shape index (κ3) is 4.21. The molecule has 0 saturated heterocycles. The number of aliphatic hydroxyl groups is 1. The highest BCUT2D eigenvalue weighted by molar-refractivity contribution is 5.82. The van der Waals surface area contributed by atoms with E-state index in [4.69, 9.17) is 9.84 Å². The van der Waals surface area contributed by atoms with Crippen LogP contribution in [0.5, 0.6) is 0 Å². The van der Waals surface area contributed by atoms with Gasteiger partial charge >= 0.3 is 0 Å². The van der Waals surface area contributed by atoms with Crippen LogP contribution in [-0.2, 0) is 9.53 Å². The maximum Gasteiger partial charge on any atom is 0.239 e. The molecule has 0 spiro atoms. The quantitative estimate of drug-likeness (QED) is 0.488. The number of methoxy groups -OCH3 is 1. The zero-order chi connectivity index (χ0) is 10.3. The van der Waals surface area contributed by atoms with Crippen LogP contribution in [0.4, 0.5) is 0 Å².